The number of hydrogen-bond donors (Lipinski definition) is 1. The Morgan fingerprint density at radius 1 is 1.19 bits per heavy atom. The van der Waals surface area contributed by atoms with Crippen LogP contribution in [0.5, 0.6) is 0 Å². The predicted molar refractivity (Wildman–Crippen MR) is 96.2 cm³/mol. The van der Waals surface area contributed by atoms with Gasteiger partial charge in [0.15, 0.2) is 0 Å². The number of carbonyl (C=O) groups is 1. The van der Waals surface area contributed by atoms with Gasteiger partial charge in [0.05, 0.1) is 12.3 Å². The van der Waals surface area contributed by atoms with E-state index in [2.05, 4.69) is 15.5 Å². The minimum atomic E-state index is -0.0668. The van der Waals surface area contributed by atoms with Gasteiger partial charge in [-0.1, -0.05) is 35.5 Å². The molecule has 1 unspecified atom stereocenters. The molecule has 0 saturated heterocycles. The molecule has 0 radical (unpaired) electrons. The first-order chi connectivity index (χ1) is 12.6. The van der Waals surface area contributed by atoms with Gasteiger partial charge in [0, 0.05) is 24.9 Å². The summed E-state index contributed by atoms with van der Waals surface area (Å²) in [6, 6.07) is 13.3. The lowest BCUT2D eigenvalue weighted by Gasteiger charge is -2.22. The van der Waals surface area contributed by atoms with E-state index in [1.807, 2.05) is 61.5 Å². The molecule has 136 valence electrons. The fourth-order valence-corrected chi connectivity index (χ4v) is 2.60. The Balaban J connectivity index is 1.49. The van der Waals surface area contributed by atoms with Crippen LogP contribution in [0.15, 0.2) is 57.7 Å². The van der Waals surface area contributed by atoms with Crippen molar-refractivity contribution < 1.29 is 13.7 Å². The van der Waals surface area contributed by atoms with Crippen LogP contribution in [-0.4, -0.2) is 41.6 Å². The van der Waals surface area contributed by atoms with E-state index in [0.717, 1.165) is 11.3 Å². The fraction of sp³-hybridized carbons (Fsp3) is 0.316. The predicted octanol–water partition coefficient (Wildman–Crippen LogP) is 2.68. The lowest BCUT2D eigenvalue weighted by Crippen LogP contribution is -2.34. The highest BCUT2D eigenvalue weighted by Crippen LogP contribution is 2.18. The largest absolute Gasteiger partial charge is 0.468 e. The summed E-state index contributed by atoms with van der Waals surface area (Å²) in [6.45, 7) is 0.471. The first kappa shape index (κ1) is 17.9. The standard InChI is InChI=1S/C19H22N4O3/c1-23(2)15(16-9-6-12-25-16)13-20-17(24)10-11-18-21-19(22-26-18)14-7-4-3-5-8-14/h3-9,12,15H,10-11,13H2,1-2H3,(H,20,24). The Hall–Kier alpha value is -2.93. The number of aromatic nitrogens is 2. The van der Waals surface area contributed by atoms with Crippen molar-refractivity contribution >= 4 is 5.91 Å². The van der Waals surface area contributed by atoms with Gasteiger partial charge in [-0.3, -0.25) is 9.69 Å². The molecule has 0 aliphatic heterocycles. The topological polar surface area (TPSA) is 84.4 Å². The number of rotatable bonds is 8. The Labute approximate surface area is 152 Å². The van der Waals surface area contributed by atoms with Gasteiger partial charge in [-0.2, -0.15) is 4.98 Å². The Bertz CT molecular complexity index is 812. The number of benzene rings is 1. The normalized spacial score (nSPS) is 12.3. The summed E-state index contributed by atoms with van der Waals surface area (Å²) >= 11 is 0. The van der Waals surface area contributed by atoms with E-state index in [1.165, 1.54) is 0 Å². The third-order valence-corrected chi connectivity index (χ3v) is 4.05. The second-order valence-electron chi connectivity index (χ2n) is 6.18. The van der Waals surface area contributed by atoms with Gasteiger partial charge < -0.3 is 14.3 Å². The number of hydrogen-bond acceptors (Lipinski definition) is 6. The molecule has 0 aliphatic rings. The molecule has 0 spiro atoms. The summed E-state index contributed by atoms with van der Waals surface area (Å²) in [6.07, 6.45) is 2.32. The van der Waals surface area contributed by atoms with Crippen molar-refractivity contribution in [3.05, 3.63) is 60.4 Å². The van der Waals surface area contributed by atoms with Gasteiger partial charge in [0.25, 0.3) is 0 Å². The minimum Gasteiger partial charge on any atom is -0.468 e. The van der Waals surface area contributed by atoms with Crippen LogP contribution < -0.4 is 5.32 Å². The van der Waals surface area contributed by atoms with Gasteiger partial charge in [0.1, 0.15) is 5.76 Å². The number of likely N-dealkylation sites (N-methyl/N-ethyl adjacent to an activating group) is 1. The van der Waals surface area contributed by atoms with E-state index in [0.29, 0.717) is 24.7 Å². The third-order valence-electron chi connectivity index (χ3n) is 4.05. The highest BCUT2D eigenvalue weighted by atomic mass is 16.5. The molecular formula is C19H22N4O3. The average molecular weight is 354 g/mol. The number of carbonyl (C=O) groups excluding carboxylic acids is 1. The molecular weight excluding hydrogens is 332 g/mol. The summed E-state index contributed by atoms with van der Waals surface area (Å²) in [4.78, 5) is 18.5. The van der Waals surface area contributed by atoms with Crippen LogP contribution in [0.4, 0.5) is 0 Å². The summed E-state index contributed by atoms with van der Waals surface area (Å²) in [5.41, 5.74) is 0.888. The van der Waals surface area contributed by atoms with E-state index >= 15 is 0 Å². The van der Waals surface area contributed by atoms with Crippen LogP contribution in [0, 0.1) is 0 Å². The molecule has 2 aromatic heterocycles. The molecule has 0 aliphatic carbocycles. The molecule has 0 bridgehead atoms. The second kappa shape index (κ2) is 8.44. The summed E-state index contributed by atoms with van der Waals surface area (Å²) in [5.74, 6) is 1.74. The van der Waals surface area contributed by atoms with Crippen molar-refractivity contribution in [2.24, 2.45) is 0 Å². The molecule has 1 N–H and O–H groups in total. The van der Waals surface area contributed by atoms with E-state index in [4.69, 9.17) is 8.94 Å². The van der Waals surface area contributed by atoms with Crippen LogP contribution in [0.1, 0.15) is 24.1 Å². The molecule has 1 amide bonds. The van der Waals surface area contributed by atoms with Crippen molar-refractivity contribution in [1.29, 1.82) is 0 Å². The van der Waals surface area contributed by atoms with Crippen LogP contribution in [-0.2, 0) is 11.2 Å². The molecule has 3 rings (SSSR count). The molecule has 3 aromatic rings. The molecule has 2 heterocycles. The van der Waals surface area contributed by atoms with Crippen LogP contribution in [0.3, 0.4) is 0 Å². The van der Waals surface area contributed by atoms with E-state index in [-0.39, 0.29) is 18.4 Å². The van der Waals surface area contributed by atoms with Crippen LogP contribution in [0.25, 0.3) is 11.4 Å². The first-order valence-corrected chi connectivity index (χ1v) is 8.48. The number of amides is 1. The quantitative estimate of drug-likeness (QED) is 0.669. The smallest absolute Gasteiger partial charge is 0.227 e. The van der Waals surface area contributed by atoms with Crippen LogP contribution in [0.2, 0.25) is 0 Å². The maximum absolute atomic E-state index is 12.1. The maximum Gasteiger partial charge on any atom is 0.227 e. The monoisotopic (exact) mass is 354 g/mol. The Morgan fingerprint density at radius 3 is 2.69 bits per heavy atom. The lowest BCUT2D eigenvalue weighted by atomic mass is 10.2. The van der Waals surface area contributed by atoms with Gasteiger partial charge in [0.2, 0.25) is 17.6 Å². The molecule has 7 heteroatoms. The first-order valence-electron chi connectivity index (χ1n) is 8.48. The average Bonchev–Trinajstić information content (AvgIpc) is 3.33. The third kappa shape index (κ3) is 4.58. The Morgan fingerprint density at radius 2 is 2.00 bits per heavy atom. The van der Waals surface area contributed by atoms with Gasteiger partial charge in [-0.15, -0.1) is 0 Å². The zero-order valence-corrected chi connectivity index (χ0v) is 14.9. The van der Waals surface area contributed by atoms with Gasteiger partial charge in [-0.25, -0.2) is 0 Å². The Kier molecular flexibility index (Phi) is 5.80. The van der Waals surface area contributed by atoms with E-state index in [1.54, 1.807) is 6.26 Å². The second-order valence-corrected chi connectivity index (χ2v) is 6.18. The lowest BCUT2D eigenvalue weighted by molar-refractivity contribution is -0.121. The van der Waals surface area contributed by atoms with Gasteiger partial charge >= 0.3 is 0 Å². The number of nitrogens with zero attached hydrogens (tertiary/aromatic N) is 3. The molecule has 1 aromatic carbocycles. The van der Waals surface area contributed by atoms with E-state index in [9.17, 15) is 4.79 Å². The molecule has 26 heavy (non-hydrogen) atoms. The minimum absolute atomic E-state index is 0.0120. The van der Waals surface area contributed by atoms with Crippen molar-refractivity contribution in [3.63, 3.8) is 0 Å². The van der Waals surface area contributed by atoms with Crippen LogP contribution >= 0.6 is 0 Å². The van der Waals surface area contributed by atoms with Crippen molar-refractivity contribution in [2.45, 2.75) is 18.9 Å². The summed E-state index contributed by atoms with van der Waals surface area (Å²) in [7, 11) is 3.89. The highest BCUT2D eigenvalue weighted by Gasteiger charge is 2.18. The SMILES string of the molecule is CN(C)C(CNC(=O)CCc1nc(-c2ccccc2)no1)c1ccco1. The van der Waals surface area contributed by atoms with Crippen molar-refractivity contribution in [1.82, 2.24) is 20.4 Å². The number of nitrogens with one attached hydrogen (secondary N) is 1. The maximum atomic E-state index is 12.1. The number of furan rings is 1. The zero-order valence-electron chi connectivity index (χ0n) is 14.9. The van der Waals surface area contributed by atoms with Crippen molar-refractivity contribution in [2.75, 3.05) is 20.6 Å². The zero-order chi connectivity index (χ0) is 18.4. The fourth-order valence-electron chi connectivity index (χ4n) is 2.60. The molecule has 1 atom stereocenters. The van der Waals surface area contributed by atoms with E-state index < -0.39 is 0 Å². The summed E-state index contributed by atoms with van der Waals surface area (Å²) < 4.78 is 10.7. The number of aryl methyl sites for hydroxylation is 1. The molecule has 0 saturated carbocycles. The summed E-state index contributed by atoms with van der Waals surface area (Å²) in [5, 5.41) is 6.89. The highest BCUT2D eigenvalue weighted by molar-refractivity contribution is 5.76. The van der Waals surface area contributed by atoms with Gasteiger partial charge in [-0.05, 0) is 26.2 Å². The van der Waals surface area contributed by atoms with Crippen molar-refractivity contribution in [3.8, 4) is 11.4 Å². The molecule has 0 fully saturated rings. The molecule has 7 nitrogen and oxygen atoms in total.